The van der Waals surface area contributed by atoms with Crippen LogP contribution in [-0.4, -0.2) is 47.7 Å². The quantitative estimate of drug-likeness (QED) is 0.168. The lowest BCUT2D eigenvalue weighted by molar-refractivity contribution is 0.236. The van der Waals surface area contributed by atoms with Gasteiger partial charge in [-0.05, 0) is 48.5 Å². The molecule has 3 aromatic heterocycles. The molecule has 0 saturated heterocycles. The number of aliphatic imine (C=N–C) groups is 1. The number of hydrogen-bond acceptors (Lipinski definition) is 8. The van der Waals surface area contributed by atoms with Crippen molar-refractivity contribution in [3.05, 3.63) is 138 Å². The van der Waals surface area contributed by atoms with Crippen LogP contribution < -0.4 is 0 Å². The second-order valence-corrected chi connectivity index (χ2v) is 9.45. The largest absolute Gasteiger partial charge is 0.508 e. The molecule has 204 valence electrons. The maximum absolute atomic E-state index is 11.4. The first-order chi connectivity index (χ1) is 19.5. The van der Waals surface area contributed by atoms with Crippen LogP contribution in [0.25, 0.3) is 0 Å². The molecular weight excluding hydrogens is 500 g/mol. The molecule has 0 spiro atoms. The van der Waals surface area contributed by atoms with E-state index in [4.69, 9.17) is 0 Å². The number of aromatic nitrogens is 3. The van der Waals surface area contributed by atoms with Crippen LogP contribution in [0.3, 0.4) is 0 Å². The maximum Gasteiger partial charge on any atom is 0.124 e. The molecule has 2 N–H and O–H groups in total. The van der Waals surface area contributed by atoms with Crippen LogP contribution in [0.5, 0.6) is 11.5 Å². The van der Waals surface area contributed by atoms with Crippen LogP contribution in [0.2, 0.25) is 0 Å². The van der Waals surface area contributed by atoms with E-state index in [0.29, 0.717) is 56.1 Å². The van der Waals surface area contributed by atoms with E-state index in [-0.39, 0.29) is 11.5 Å². The highest BCUT2D eigenvalue weighted by Gasteiger charge is 2.18. The Hall–Kier alpha value is -4.66. The molecular formula is C32H34N6O2. The third-order valence-corrected chi connectivity index (χ3v) is 6.14. The summed E-state index contributed by atoms with van der Waals surface area (Å²) in [6.45, 7) is 10.5. The van der Waals surface area contributed by atoms with Gasteiger partial charge in [0, 0.05) is 80.9 Å². The second-order valence-electron chi connectivity index (χ2n) is 9.45. The highest BCUT2D eigenvalue weighted by Crippen LogP contribution is 2.31. The van der Waals surface area contributed by atoms with Crippen LogP contribution in [0, 0.1) is 0 Å². The summed E-state index contributed by atoms with van der Waals surface area (Å²) in [6.07, 6.45) is 8.48. The Bertz CT molecular complexity index is 1370. The van der Waals surface area contributed by atoms with Crippen molar-refractivity contribution in [2.45, 2.75) is 32.7 Å². The van der Waals surface area contributed by atoms with Crippen LogP contribution >= 0.6 is 0 Å². The number of hydrogen-bond donors (Lipinski definition) is 2. The van der Waals surface area contributed by atoms with Gasteiger partial charge >= 0.3 is 0 Å². The van der Waals surface area contributed by atoms with Gasteiger partial charge in [0.25, 0.3) is 0 Å². The molecule has 0 unspecified atom stereocenters. The van der Waals surface area contributed by atoms with Gasteiger partial charge in [0.1, 0.15) is 11.5 Å². The van der Waals surface area contributed by atoms with Gasteiger partial charge in [-0.3, -0.25) is 29.7 Å². The minimum atomic E-state index is 0.0831. The number of phenols is 2. The van der Waals surface area contributed by atoms with Crippen molar-refractivity contribution >= 4 is 6.21 Å². The summed E-state index contributed by atoms with van der Waals surface area (Å²) in [7, 11) is 0. The first-order valence-corrected chi connectivity index (χ1v) is 13.0. The van der Waals surface area contributed by atoms with Crippen LogP contribution in [-0.2, 0) is 32.7 Å². The minimum absolute atomic E-state index is 0.0831. The molecule has 0 bridgehead atoms. The Labute approximate surface area is 235 Å². The molecule has 0 radical (unpaired) electrons. The third kappa shape index (κ3) is 8.69. The van der Waals surface area contributed by atoms with E-state index in [1.807, 2.05) is 54.6 Å². The number of aromatic hydroxyl groups is 2. The summed E-state index contributed by atoms with van der Waals surface area (Å²) in [4.78, 5) is 21.9. The molecule has 3 heterocycles. The molecule has 1 aromatic carbocycles. The van der Waals surface area contributed by atoms with Crippen molar-refractivity contribution < 1.29 is 10.2 Å². The number of pyridine rings is 3. The summed E-state index contributed by atoms with van der Waals surface area (Å²) >= 11 is 0. The first kappa shape index (κ1) is 28.4. The number of benzene rings is 1. The molecule has 0 aliphatic carbocycles. The van der Waals surface area contributed by atoms with Gasteiger partial charge in [-0.15, -0.1) is 0 Å². The van der Waals surface area contributed by atoms with Gasteiger partial charge in [-0.25, -0.2) is 0 Å². The fourth-order valence-corrected chi connectivity index (χ4v) is 4.42. The number of nitrogens with zero attached hydrogens (tertiary/aromatic N) is 6. The van der Waals surface area contributed by atoms with Crippen LogP contribution in [0.15, 0.2) is 115 Å². The Morgan fingerprint density at radius 1 is 0.725 bits per heavy atom. The SMILES string of the molecule is C=CC=NC(=C)CN(Cc1ccccn1)Cc1cc(O)cc(CN(Cc2ccccn2)Cc2ccccn2)c1O. The fourth-order valence-electron chi connectivity index (χ4n) is 4.42. The summed E-state index contributed by atoms with van der Waals surface area (Å²) < 4.78 is 0. The van der Waals surface area contributed by atoms with Crippen molar-refractivity contribution in [2.75, 3.05) is 6.54 Å². The second kappa shape index (κ2) is 14.5. The number of phenolic OH excluding ortho intramolecular Hbond substituents is 2. The Kier molecular flexibility index (Phi) is 10.3. The Balaban J connectivity index is 1.59. The molecule has 0 aliphatic rings. The minimum Gasteiger partial charge on any atom is -0.508 e. The van der Waals surface area contributed by atoms with Crippen LogP contribution in [0.4, 0.5) is 0 Å². The molecule has 8 heteroatoms. The summed E-state index contributed by atoms with van der Waals surface area (Å²) in [5.41, 5.74) is 4.54. The van der Waals surface area contributed by atoms with Crippen molar-refractivity contribution in [3.8, 4) is 11.5 Å². The van der Waals surface area contributed by atoms with Gasteiger partial charge < -0.3 is 10.2 Å². The zero-order valence-electron chi connectivity index (χ0n) is 22.5. The standard InChI is InChI=1S/C32H34N6O2/c1-3-13-33-25(2)19-37(22-28-10-4-7-14-34-28)20-26-17-31(39)18-27(32(26)40)21-38(23-29-11-5-8-15-35-29)24-30-12-6-9-16-36-30/h3-18,39-40H,1-2,19-24H2. The van der Waals surface area contributed by atoms with Crippen LogP contribution in [0.1, 0.15) is 28.2 Å². The summed E-state index contributed by atoms with van der Waals surface area (Å²) in [5.74, 6) is 0.218. The third-order valence-electron chi connectivity index (χ3n) is 6.14. The molecule has 8 nitrogen and oxygen atoms in total. The van der Waals surface area contributed by atoms with Crippen molar-refractivity contribution in [1.29, 1.82) is 0 Å². The van der Waals surface area contributed by atoms with Crippen molar-refractivity contribution in [3.63, 3.8) is 0 Å². The molecule has 0 atom stereocenters. The smallest absolute Gasteiger partial charge is 0.124 e. The van der Waals surface area contributed by atoms with Gasteiger partial charge in [-0.2, -0.15) is 0 Å². The van der Waals surface area contributed by atoms with E-state index in [0.717, 1.165) is 17.1 Å². The normalized spacial score (nSPS) is 11.3. The van der Waals surface area contributed by atoms with E-state index < -0.39 is 0 Å². The van der Waals surface area contributed by atoms with E-state index in [1.165, 1.54) is 0 Å². The Morgan fingerprint density at radius 2 is 1.20 bits per heavy atom. The lowest BCUT2D eigenvalue weighted by Crippen LogP contribution is -2.26. The molecule has 4 aromatic rings. The number of rotatable bonds is 14. The predicted octanol–water partition coefficient (Wildman–Crippen LogP) is 5.26. The lowest BCUT2D eigenvalue weighted by Gasteiger charge is -2.25. The molecule has 4 rings (SSSR count). The average Bonchev–Trinajstić information content (AvgIpc) is 2.96. The van der Waals surface area contributed by atoms with E-state index in [1.54, 1.807) is 43.0 Å². The molecule has 0 saturated carbocycles. The summed E-state index contributed by atoms with van der Waals surface area (Å²) in [5, 5.41) is 22.1. The average molecular weight is 535 g/mol. The Morgan fingerprint density at radius 3 is 1.65 bits per heavy atom. The molecule has 0 fully saturated rings. The maximum atomic E-state index is 11.4. The van der Waals surface area contributed by atoms with Gasteiger partial charge in [0.2, 0.25) is 0 Å². The van der Waals surface area contributed by atoms with Crippen molar-refractivity contribution in [2.24, 2.45) is 4.99 Å². The topological polar surface area (TPSA) is 98.0 Å². The van der Waals surface area contributed by atoms with E-state index >= 15 is 0 Å². The zero-order valence-corrected chi connectivity index (χ0v) is 22.5. The highest BCUT2D eigenvalue weighted by atomic mass is 16.3. The summed E-state index contributed by atoms with van der Waals surface area (Å²) in [6, 6.07) is 20.6. The predicted molar refractivity (Wildman–Crippen MR) is 157 cm³/mol. The molecule has 0 amide bonds. The fraction of sp³-hybridized carbons (Fsp3) is 0.188. The van der Waals surface area contributed by atoms with E-state index in [2.05, 4.69) is 42.9 Å². The number of allylic oxidation sites excluding steroid dienone is 1. The zero-order chi connectivity index (χ0) is 28.2. The highest BCUT2D eigenvalue weighted by molar-refractivity contribution is 5.71. The van der Waals surface area contributed by atoms with Gasteiger partial charge in [0.15, 0.2) is 0 Å². The van der Waals surface area contributed by atoms with Crippen molar-refractivity contribution in [1.82, 2.24) is 24.8 Å². The molecule has 0 aliphatic heterocycles. The van der Waals surface area contributed by atoms with E-state index in [9.17, 15) is 10.2 Å². The lowest BCUT2D eigenvalue weighted by atomic mass is 10.1. The monoisotopic (exact) mass is 534 g/mol. The first-order valence-electron chi connectivity index (χ1n) is 13.0. The van der Waals surface area contributed by atoms with Gasteiger partial charge in [-0.1, -0.05) is 37.4 Å². The molecule has 40 heavy (non-hydrogen) atoms. The van der Waals surface area contributed by atoms with Gasteiger partial charge in [0.05, 0.1) is 17.1 Å².